The zero-order chi connectivity index (χ0) is 15.3. The van der Waals surface area contributed by atoms with E-state index in [0.29, 0.717) is 13.1 Å². The van der Waals surface area contributed by atoms with Gasteiger partial charge in [0, 0.05) is 12.1 Å². The SMILES string of the molecule is CC(C)C(C)NC(=O)NC1CCNCCC1C(F)(F)F. The first-order chi connectivity index (χ1) is 9.21. The third-order valence-electron chi connectivity index (χ3n) is 3.85. The number of alkyl halides is 3. The fourth-order valence-corrected chi connectivity index (χ4v) is 2.19. The van der Waals surface area contributed by atoms with Crippen molar-refractivity contribution in [2.75, 3.05) is 13.1 Å². The maximum atomic E-state index is 13.0. The van der Waals surface area contributed by atoms with Crippen molar-refractivity contribution in [3.8, 4) is 0 Å². The number of amides is 2. The van der Waals surface area contributed by atoms with Gasteiger partial charge in [0.15, 0.2) is 0 Å². The zero-order valence-corrected chi connectivity index (χ0v) is 12.2. The smallest absolute Gasteiger partial charge is 0.335 e. The van der Waals surface area contributed by atoms with Crippen LogP contribution in [0.25, 0.3) is 0 Å². The third-order valence-corrected chi connectivity index (χ3v) is 3.85. The molecule has 0 saturated carbocycles. The van der Waals surface area contributed by atoms with Gasteiger partial charge in [-0.25, -0.2) is 4.79 Å². The second-order valence-corrected chi connectivity index (χ2v) is 5.73. The molecule has 0 aromatic carbocycles. The maximum Gasteiger partial charge on any atom is 0.393 e. The summed E-state index contributed by atoms with van der Waals surface area (Å²) >= 11 is 0. The highest BCUT2D eigenvalue weighted by Crippen LogP contribution is 2.33. The molecule has 4 nitrogen and oxygen atoms in total. The van der Waals surface area contributed by atoms with Gasteiger partial charge in [0.1, 0.15) is 0 Å². The quantitative estimate of drug-likeness (QED) is 0.748. The van der Waals surface area contributed by atoms with E-state index in [1.807, 2.05) is 20.8 Å². The molecule has 0 aliphatic carbocycles. The summed E-state index contributed by atoms with van der Waals surface area (Å²) in [7, 11) is 0. The summed E-state index contributed by atoms with van der Waals surface area (Å²) in [6.45, 7) is 6.53. The number of hydrogen-bond donors (Lipinski definition) is 3. The van der Waals surface area contributed by atoms with Gasteiger partial charge in [-0.2, -0.15) is 13.2 Å². The van der Waals surface area contributed by atoms with E-state index in [4.69, 9.17) is 0 Å². The van der Waals surface area contributed by atoms with Gasteiger partial charge in [0.25, 0.3) is 0 Å². The molecule has 3 N–H and O–H groups in total. The van der Waals surface area contributed by atoms with E-state index < -0.39 is 24.2 Å². The van der Waals surface area contributed by atoms with Gasteiger partial charge in [-0.15, -0.1) is 0 Å². The molecule has 3 unspecified atom stereocenters. The lowest BCUT2D eigenvalue weighted by Gasteiger charge is -2.28. The molecule has 20 heavy (non-hydrogen) atoms. The lowest BCUT2D eigenvalue weighted by molar-refractivity contribution is -0.182. The zero-order valence-electron chi connectivity index (χ0n) is 12.2. The number of urea groups is 1. The van der Waals surface area contributed by atoms with E-state index >= 15 is 0 Å². The van der Waals surface area contributed by atoms with Crippen LogP contribution in [0.4, 0.5) is 18.0 Å². The average molecular weight is 295 g/mol. The first-order valence-corrected chi connectivity index (χ1v) is 7.06. The van der Waals surface area contributed by atoms with Crippen LogP contribution in [0.15, 0.2) is 0 Å². The highest BCUT2D eigenvalue weighted by atomic mass is 19.4. The second-order valence-electron chi connectivity index (χ2n) is 5.73. The molecule has 0 spiro atoms. The van der Waals surface area contributed by atoms with Gasteiger partial charge in [-0.1, -0.05) is 13.8 Å². The summed E-state index contributed by atoms with van der Waals surface area (Å²) in [5.41, 5.74) is 0. The van der Waals surface area contributed by atoms with Crippen LogP contribution in [0, 0.1) is 11.8 Å². The number of carbonyl (C=O) groups excluding carboxylic acids is 1. The molecule has 0 bridgehead atoms. The van der Waals surface area contributed by atoms with Crippen LogP contribution in [-0.4, -0.2) is 37.4 Å². The van der Waals surface area contributed by atoms with Gasteiger partial charge in [0.2, 0.25) is 0 Å². The Labute approximate surface area is 117 Å². The molecule has 0 radical (unpaired) electrons. The summed E-state index contributed by atoms with van der Waals surface area (Å²) < 4.78 is 39.0. The summed E-state index contributed by atoms with van der Waals surface area (Å²) in [6, 6.07) is -1.47. The van der Waals surface area contributed by atoms with E-state index in [1.165, 1.54) is 0 Å². The minimum atomic E-state index is -4.28. The summed E-state index contributed by atoms with van der Waals surface area (Å²) in [4.78, 5) is 11.8. The number of rotatable bonds is 3. The highest BCUT2D eigenvalue weighted by molar-refractivity contribution is 5.74. The Morgan fingerprint density at radius 1 is 1.20 bits per heavy atom. The molecule has 1 rings (SSSR count). The Morgan fingerprint density at radius 3 is 2.35 bits per heavy atom. The van der Waals surface area contributed by atoms with Crippen molar-refractivity contribution in [2.24, 2.45) is 11.8 Å². The molecular weight excluding hydrogens is 271 g/mol. The average Bonchev–Trinajstić information content (AvgIpc) is 2.53. The Hall–Kier alpha value is -0.980. The number of halogens is 3. The van der Waals surface area contributed by atoms with Gasteiger partial charge in [-0.3, -0.25) is 0 Å². The molecule has 1 heterocycles. The summed E-state index contributed by atoms with van der Waals surface area (Å²) in [5, 5.41) is 8.11. The maximum absolute atomic E-state index is 13.0. The lowest BCUT2D eigenvalue weighted by Crippen LogP contribution is -2.51. The Bertz CT molecular complexity index is 320. The van der Waals surface area contributed by atoms with Crippen molar-refractivity contribution in [1.82, 2.24) is 16.0 Å². The molecule has 1 saturated heterocycles. The molecule has 1 aliphatic heterocycles. The van der Waals surface area contributed by atoms with Crippen LogP contribution >= 0.6 is 0 Å². The minimum absolute atomic E-state index is 0.00577. The molecule has 1 aliphatic rings. The van der Waals surface area contributed by atoms with Crippen molar-refractivity contribution >= 4 is 6.03 Å². The van der Waals surface area contributed by atoms with Gasteiger partial charge in [-0.05, 0) is 38.8 Å². The number of nitrogens with one attached hydrogen (secondary N) is 3. The summed E-state index contributed by atoms with van der Waals surface area (Å²) in [5.74, 6) is -1.26. The van der Waals surface area contributed by atoms with Crippen LogP contribution in [0.3, 0.4) is 0 Å². The normalized spacial score (nSPS) is 25.9. The third kappa shape index (κ3) is 5.19. The van der Waals surface area contributed by atoms with E-state index in [-0.39, 0.29) is 24.8 Å². The molecule has 0 aromatic heterocycles. The Morgan fingerprint density at radius 2 is 1.80 bits per heavy atom. The van der Waals surface area contributed by atoms with Gasteiger partial charge < -0.3 is 16.0 Å². The van der Waals surface area contributed by atoms with E-state index in [0.717, 1.165) is 0 Å². The largest absolute Gasteiger partial charge is 0.393 e. The molecule has 1 fully saturated rings. The Kier molecular flexibility index (Phi) is 6.10. The topological polar surface area (TPSA) is 53.2 Å². The molecule has 2 amide bonds. The first-order valence-electron chi connectivity index (χ1n) is 7.06. The molecule has 7 heteroatoms. The van der Waals surface area contributed by atoms with Crippen molar-refractivity contribution in [3.63, 3.8) is 0 Å². The van der Waals surface area contributed by atoms with E-state index in [2.05, 4.69) is 16.0 Å². The van der Waals surface area contributed by atoms with Crippen LogP contribution in [0.5, 0.6) is 0 Å². The van der Waals surface area contributed by atoms with Gasteiger partial charge in [0.05, 0.1) is 5.92 Å². The van der Waals surface area contributed by atoms with Crippen LogP contribution in [0.1, 0.15) is 33.6 Å². The summed E-state index contributed by atoms with van der Waals surface area (Å²) in [6.07, 6.45) is -4.00. The number of hydrogen-bond acceptors (Lipinski definition) is 2. The predicted octanol–water partition coefficient (Wildman–Crippen LogP) is 2.26. The molecule has 118 valence electrons. The fraction of sp³-hybridized carbons (Fsp3) is 0.923. The number of carbonyl (C=O) groups is 1. The lowest BCUT2D eigenvalue weighted by atomic mass is 9.94. The van der Waals surface area contributed by atoms with Crippen molar-refractivity contribution in [1.29, 1.82) is 0 Å². The highest BCUT2D eigenvalue weighted by Gasteiger charge is 2.45. The standard InChI is InChI=1S/C13H24F3N3O/c1-8(2)9(3)18-12(20)19-11-5-7-17-6-4-10(11)13(14,15)16/h8-11,17H,4-7H2,1-3H3,(H2,18,19,20). The van der Waals surface area contributed by atoms with Gasteiger partial charge >= 0.3 is 12.2 Å². The fourth-order valence-electron chi connectivity index (χ4n) is 2.19. The Balaban J connectivity index is 2.63. The first kappa shape index (κ1) is 17.1. The second kappa shape index (κ2) is 7.15. The van der Waals surface area contributed by atoms with Crippen LogP contribution < -0.4 is 16.0 Å². The predicted molar refractivity (Wildman–Crippen MR) is 71.4 cm³/mol. The molecular formula is C13H24F3N3O. The van der Waals surface area contributed by atoms with Crippen LogP contribution in [-0.2, 0) is 0 Å². The molecule has 3 atom stereocenters. The van der Waals surface area contributed by atoms with E-state index in [9.17, 15) is 18.0 Å². The van der Waals surface area contributed by atoms with Crippen molar-refractivity contribution in [3.05, 3.63) is 0 Å². The molecule has 0 aromatic rings. The minimum Gasteiger partial charge on any atom is -0.335 e. The van der Waals surface area contributed by atoms with Crippen molar-refractivity contribution in [2.45, 2.75) is 51.9 Å². The monoisotopic (exact) mass is 295 g/mol. The van der Waals surface area contributed by atoms with Crippen LogP contribution in [0.2, 0.25) is 0 Å². The van der Waals surface area contributed by atoms with Crippen molar-refractivity contribution < 1.29 is 18.0 Å². The van der Waals surface area contributed by atoms with E-state index in [1.54, 1.807) is 0 Å².